The second kappa shape index (κ2) is 4.70. The highest BCUT2D eigenvalue weighted by atomic mass is 19.1. The van der Waals surface area contributed by atoms with Crippen molar-refractivity contribution in [1.29, 1.82) is 0 Å². The zero-order valence-electron chi connectivity index (χ0n) is 9.24. The first-order valence-corrected chi connectivity index (χ1v) is 5.49. The number of hydrogen-bond donors (Lipinski definition) is 2. The quantitative estimate of drug-likeness (QED) is 0.828. The van der Waals surface area contributed by atoms with E-state index in [0.717, 1.165) is 24.9 Å². The minimum absolute atomic E-state index is 0.0650. The minimum Gasteiger partial charge on any atom is -0.494 e. The van der Waals surface area contributed by atoms with Crippen LogP contribution in [-0.4, -0.2) is 24.4 Å². The number of hydrogen-bond acceptors (Lipinski definition) is 3. The van der Waals surface area contributed by atoms with Gasteiger partial charge in [0.05, 0.1) is 19.3 Å². The molecule has 0 aliphatic heterocycles. The number of aliphatic hydroxyl groups excluding tert-OH is 1. The molecule has 0 heterocycles. The second-order valence-corrected chi connectivity index (χ2v) is 4.10. The lowest BCUT2D eigenvalue weighted by molar-refractivity contribution is 0.172. The van der Waals surface area contributed by atoms with E-state index in [9.17, 15) is 9.50 Å². The van der Waals surface area contributed by atoms with Crippen LogP contribution in [0.4, 0.5) is 10.1 Å². The first-order valence-electron chi connectivity index (χ1n) is 5.49. The predicted octanol–water partition coefficient (Wildman–Crippen LogP) is 2.16. The van der Waals surface area contributed by atoms with Crippen molar-refractivity contribution in [1.82, 2.24) is 0 Å². The van der Waals surface area contributed by atoms with E-state index in [-0.39, 0.29) is 23.7 Å². The highest BCUT2D eigenvalue weighted by Gasteiger charge is 2.24. The van der Waals surface area contributed by atoms with Gasteiger partial charge in [0.15, 0.2) is 11.6 Å². The Morgan fingerprint density at radius 1 is 1.44 bits per heavy atom. The number of ether oxygens (including phenoxy) is 1. The Balaban J connectivity index is 2.09. The average Bonchev–Trinajstić information content (AvgIpc) is 2.67. The number of halogens is 1. The Hall–Kier alpha value is -1.29. The molecule has 0 bridgehead atoms. The summed E-state index contributed by atoms with van der Waals surface area (Å²) >= 11 is 0. The Labute approximate surface area is 94.2 Å². The van der Waals surface area contributed by atoms with E-state index in [1.807, 2.05) is 0 Å². The van der Waals surface area contributed by atoms with Gasteiger partial charge in [0.1, 0.15) is 0 Å². The number of aliphatic hydroxyl groups is 1. The summed E-state index contributed by atoms with van der Waals surface area (Å²) < 4.78 is 18.1. The van der Waals surface area contributed by atoms with Crippen LogP contribution >= 0.6 is 0 Å². The normalized spacial score (nSPS) is 24.4. The van der Waals surface area contributed by atoms with E-state index in [4.69, 9.17) is 4.74 Å². The molecule has 16 heavy (non-hydrogen) atoms. The van der Waals surface area contributed by atoms with Gasteiger partial charge in [-0.25, -0.2) is 4.39 Å². The molecule has 1 aromatic carbocycles. The van der Waals surface area contributed by atoms with Crippen LogP contribution in [0.3, 0.4) is 0 Å². The number of nitrogens with one attached hydrogen (secondary N) is 1. The molecule has 0 amide bonds. The summed E-state index contributed by atoms with van der Waals surface area (Å²) in [6.07, 6.45) is 2.49. The van der Waals surface area contributed by atoms with Crippen LogP contribution in [0.2, 0.25) is 0 Å². The molecule has 1 aromatic rings. The fourth-order valence-corrected chi connectivity index (χ4v) is 2.07. The first-order chi connectivity index (χ1) is 7.70. The summed E-state index contributed by atoms with van der Waals surface area (Å²) in [5.41, 5.74) is 0.782. The van der Waals surface area contributed by atoms with Crippen molar-refractivity contribution in [3.05, 3.63) is 24.0 Å². The molecule has 3 nitrogen and oxygen atoms in total. The summed E-state index contributed by atoms with van der Waals surface area (Å²) in [7, 11) is 1.44. The fraction of sp³-hybridized carbons (Fsp3) is 0.500. The summed E-state index contributed by atoms with van der Waals surface area (Å²) in [4.78, 5) is 0. The third kappa shape index (κ3) is 2.27. The van der Waals surface area contributed by atoms with Crippen LogP contribution in [0.25, 0.3) is 0 Å². The van der Waals surface area contributed by atoms with Crippen molar-refractivity contribution >= 4 is 5.69 Å². The summed E-state index contributed by atoms with van der Waals surface area (Å²) in [5, 5.41) is 12.9. The van der Waals surface area contributed by atoms with Gasteiger partial charge in [0.2, 0.25) is 0 Å². The second-order valence-electron chi connectivity index (χ2n) is 4.10. The van der Waals surface area contributed by atoms with Gasteiger partial charge in [-0.2, -0.15) is 0 Å². The van der Waals surface area contributed by atoms with Gasteiger partial charge in [0.25, 0.3) is 0 Å². The molecule has 1 fully saturated rings. The van der Waals surface area contributed by atoms with Crippen molar-refractivity contribution < 1.29 is 14.2 Å². The number of benzene rings is 1. The SMILES string of the molecule is COc1cc(NC2CCCC2O)ccc1F. The number of methoxy groups -OCH3 is 1. The molecule has 88 valence electrons. The van der Waals surface area contributed by atoms with E-state index in [1.165, 1.54) is 13.2 Å². The lowest BCUT2D eigenvalue weighted by Gasteiger charge is -2.18. The lowest BCUT2D eigenvalue weighted by atomic mass is 10.2. The van der Waals surface area contributed by atoms with Crippen LogP contribution in [0, 0.1) is 5.82 Å². The summed E-state index contributed by atoms with van der Waals surface area (Å²) in [6, 6.07) is 4.70. The standard InChI is InChI=1S/C12H16FNO2/c1-16-12-7-8(5-6-9(12)13)14-10-3-2-4-11(10)15/h5-7,10-11,14-15H,2-4H2,1H3. The average molecular weight is 225 g/mol. The maximum absolute atomic E-state index is 13.2. The van der Waals surface area contributed by atoms with Gasteiger partial charge in [-0.3, -0.25) is 0 Å². The molecule has 2 rings (SSSR count). The van der Waals surface area contributed by atoms with E-state index >= 15 is 0 Å². The topological polar surface area (TPSA) is 41.5 Å². The number of anilines is 1. The Morgan fingerprint density at radius 3 is 2.88 bits per heavy atom. The molecule has 0 saturated heterocycles. The van der Waals surface area contributed by atoms with Crippen LogP contribution in [0.1, 0.15) is 19.3 Å². The van der Waals surface area contributed by atoms with E-state index < -0.39 is 0 Å². The molecule has 0 aromatic heterocycles. The molecule has 1 aliphatic rings. The van der Waals surface area contributed by atoms with Crippen LogP contribution < -0.4 is 10.1 Å². The van der Waals surface area contributed by atoms with Crippen LogP contribution in [0.15, 0.2) is 18.2 Å². The summed E-state index contributed by atoms with van der Waals surface area (Å²) in [6.45, 7) is 0. The molecular formula is C12H16FNO2. The molecule has 4 heteroatoms. The zero-order valence-corrected chi connectivity index (χ0v) is 9.24. The van der Waals surface area contributed by atoms with Crippen molar-refractivity contribution in [3.8, 4) is 5.75 Å². The molecule has 0 spiro atoms. The third-order valence-electron chi connectivity index (χ3n) is 2.98. The van der Waals surface area contributed by atoms with Gasteiger partial charge in [-0.1, -0.05) is 0 Å². The highest BCUT2D eigenvalue weighted by Crippen LogP contribution is 2.26. The van der Waals surface area contributed by atoms with E-state index in [1.54, 1.807) is 12.1 Å². The molecule has 1 saturated carbocycles. The van der Waals surface area contributed by atoms with E-state index in [2.05, 4.69) is 5.32 Å². The smallest absolute Gasteiger partial charge is 0.165 e. The van der Waals surface area contributed by atoms with Crippen molar-refractivity contribution in [3.63, 3.8) is 0 Å². The van der Waals surface area contributed by atoms with Gasteiger partial charge >= 0.3 is 0 Å². The minimum atomic E-state index is -0.375. The molecule has 2 atom stereocenters. The van der Waals surface area contributed by atoms with Crippen molar-refractivity contribution in [2.75, 3.05) is 12.4 Å². The van der Waals surface area contributed by atoms with Crippen molar-refractivity contribution in [2.24, 2.45) is 0 Å². The van der Waals surface area contributed by atoms with Gasteiger partial charge in [-0.05, 0) is 31.4 Å². The fourth-order valence-electron chi connectivity index (χ4n) is 2.07. The lowest BCUT2D eigenvalue weighted by Crippen LogP contribution is -2.27. The zero-order chi connectivity index (χ0) is 11.5. The molecule has 2 N–H and O–H groups in total. The highest BCUT2D eigenvalue weighted by molar-refractivity contribution is 5.49. The van der Waals surface area contributed by atoms with Gasteiger partial charge in [0, 0.05) is 11.8 Å². The number of rotatable bonds is 3. The Kier molecular flexibility index (Phi) is 3.29. The Morgan fingerprint density at radius 2 is 2.25 bits per heavy atom. The van der Waals surface area contributed by atoms with Crippen molar-refractivity contribution in [2.45, 2.75) is 31.4 Å². The van der Waals surface area contributed by atoms with Crippen LogP contribution in [0.5, 0.6) is 5.75 Å². The maximum Gasteiger partial charge on any atom is 0.165 e. The molecular weight excluding hydrogens is 209 g/mol. The van der Waals surface area contributed by atoms with E-state index in [0.29, 0.717) is 0 Å². The van der Waals surface area contributed by atoms with Crippen LogP contribution in [-0.2, 0) is 0 Å². The molecule has 2 unspecified atom stereocenters. The first kappa shape index (κ1) is 11.2. The molecule has 0 radical (unpaired) electrons. The monoisotopic (exact) mass is 225 g/mol. The largest absolute Gasteiger partial charge is 0.494 e. The molecule has 1 aliphatic carbocycles. The third-order valence-corrected chi connectivity index (χ3v) is 2.98. The maximum atomic E-state index is 13.2. The predicted molar refractivity (Wildman–Crippen MR) is 60.2 cm³/mol. The Bertz CT molecular complexity index is 370. The summed E-state index contributed by atoms with van der Waals surface area (Å²) in [5.74, 6) is -0.155. The van der Waals surface area contributed by atoms with Gasteiger partial charge in [-0.15, -0.1) is 0 Å². The van der Waals surface area contributed by atoms with Gasteiger partial charge < -0.3 is 15.2 Å².